The third-order valence-corrected chi connectivity index (χ3v) is 2.17. The molecule has 1 amide bonds. The van der Waals surface area contributed by atoms with E-state index >= 15 is 0 Å². The summed E-state index contributed by atoms with van der Waals surface area (Å²) in [5.74, 6) is -0.464. The van der Waals surface area contributed by atoms with Crippen LogP contribution in [-0.2, 0) is 19.0 Å². The molecule has 0 aromatic heterocycles. The van der Waals surface area contributed by atoms with Crippen molar-refractivity contribution in [1.82, 2.24) is 5.32 Å². The Morgan fingerprint density at radius 1 is 1.17 bits per heavy atom. The molecule has 0 rings (SSSR count). The Morgan fingerprint density at radius 3 is 2.22 bits per heavy atom. The summed E-state index contributed by atoms with van der Waals surface area (Å²) in [7, 11) is 1.51. The normalized spacial score (nSPS) is 12.7. The summed E-state index contributed by atoms with van der Waals surface area (Å²) in [5, 5.41) is 2.51. The SMILES string of the molecule is CCOC(=O)C(NC(=O)OCCOC)C(C)(C)C. The van der Waals surface area contributed by atoms with Crippen molar-refractivity contribution < 1.29 is 23.8 Å². The predicted octanol–water partition coefficient (Wildman–Crippen LogP) is 1.34. The van der Waals surface area contributed by atoms with E-state index in [4.69, 9.17) is 14.2 Å². The van der Waals surface area contributed by atoms with Gasteiger partial charge in [-0.2, -0.15) is 0 Å². The van der Waals surface area contributed by atoms with Crippen LogP contribution in [-0.4, -0.2) is 45.0 Å². The van der Waals surface area contributed by atoms with Gasteiger partial charge in [0.1, 0.15) is 12.6 Å². The number of amides is 1. The molecule has 0 saturated carbocycles. The molecule has 0 fully saturated rings. The number of carbonyl (C=O) groups is 2. The van der Waals surface area contributed by atoms with E-state index in [-0.39, 0.29) is 13.2 Å². The summed E-state index contributed by atoms with van der Waals surface area (Å²) in [5.41, 5.74) is -0.452. The molecule has 18 heavy (non-hydrogen) atoms. The number of esters is 1. The molecular weight excluding hydrogens is 238 g/mol. The first-order valence-electron chi connectivity index (χ1n) is 5.91. The van der Waals surface area contributed by atoms with Crippen LogP contribution >= 0.6 is 0 Å². The molecule has 1 N–H and O–H groups in total. The fourth-order valence-corrected chi connectivity index (χ4v) is 1.23. The largest absolute Gasteiger partial charge is 0.464 e. The highest BCUT2D eigenvalue weighted by Gasteiger charge is 2.34. The van der Waals surface area contributed by atoms with Crippen LogP contribution in [0.2, 0.25) is 0 Å². The number of hydrogen-bond donors (Lipinski definition) is 1. The van der Waals surface area contributed by atoms with Gasteiger partial charge in [0.15, 0.2) is 0 Å². The second-order valence-electron chi connectivity index (χ2n) is 4.82. The molecule has 0 aliphatic heterocycles. The number of methoxy groups -OCH3 is 1. The molecule has 106 valence electrons. The predicted molar refractivity (Wildman–Crippen MR) is 66.2 cm³/mol. The minimum Gasteiger partial charge on any atom is -0.464 e. The van der Waals surface area contributed by atoms with Crippen molar-refractivity contribution in [2.24, 2.45) is 5.41 Å². The summed E-state index contributed by atoms with van der Waals surface area (Å²) in [6.07, 6.45) is -0.653. The fourth-order valence-electron chi connectivity index (χ4n) is 1.23. The van der Waals surface area contributed by atoms with Crippen LogP contribution in [0.4, 0.5) is 4.79 Å². The molecule has 1 unspecified atom stereocenters. The molecule has 0 aliphatic carbocycles. The van der Waals surface area contributed by atoms with Gasteiger partial charge in [0.25, 0.3) is 0 Å². The van der Waals surface area contributed by atoms with Gasteiger partial charge in [-0.05, 0) is 12.3 Å². The van der Waals surface area contributed by atoms with Crippen molar-refractivity contribution in [3.8, 4) is 0 Å². The lowest BCUT2D eigenvalue weighted by molar-refractivity contribution is -0.148. The second-order valence-corrected chi connectivity index (χ2v) is 4.82. The Morgan fingerprint density at radius 2 is 1.78 bits per heavy atom. The van der Waals surface area contributed by atoms with Gasteiger partial charge in [0, 0.05) is 7.11 Å². The van der Waals surface area contributed by atoms with E-state index < -0.39 is 23.5 Å². The number of rotatable bonds is 6. The smallest absolute Gasteiger partial charge is 0.407 e. The van der Waals surface area contributed by atoms with Crippen LogP contribution in [0.1, 0.15) is 27.7 Å². The maximum atomic E-state index is 11.7. The minimum absolute atomic E-state index is 0.141. The van der Waals surface area contributed by atoms with E-state index in [9.17, 15) is 9.59 Å². The molecule has 1 atom stereocenters. The van der Waals surface area contributed by atoms with Crippen molar-refractivity contribution in [2.45, 2.75) is 33.7 Å². The summed E-state index contributed by atoms with van der Waals surface area (Å²) in [6, 6.07) is -0.743. The maximum Gasteiger partial charge on any atom is 0.407 e. The monoisotopic (exact) mass is 261 g/mol. The number of ether oxygens (including phenoxy) is 3. The zero-order valence-electron chi connectivity index (χ0n) is 11.7. The van der Waals surface area contributed by atoms with Crippen molar-refractivity contribution in [3.05, 3.63) is 0 Å². The first kappa shape index (κ1) is 16.7. The van der Waals surface area contributed by atoms with Gasteiger partial charge < -0.3 is 19.5 Å². The van der Waals surface area contributed by atoms with E-state index in [1.54, 1.807) is 6.92 Å². The van der Waals surface area contributed by atoms with E-state index in [1.807, 2.05) is 20.8 Å². The van der Waals surface area contributed by atoms with Gasteiger partial charge in [0.2, 0.25) is 0 Å². The molecule has 0 aromatic carbocycles. The first-order valence-corrected chi connectivity index (χ1v) is 5.91. The van der Waals surface area contributed by atoms with Crippen molar-refractivity contribution in [1.29, 1.82) is 0 Å². The first-order chi connectivity index (χ1) is 8.32. The molecule has 0 spiro atoms. The summed E-state index contributed by atoms with van der Waals surface area (Å²) in [6.45, 7) is 7.95. The Labute approximate surface area is 108 Å². The van der Waals surface area contributed by atoms with E-state index in [0.717, 1.165) is 0 Å². The summed E-state index contributed by atoms with van der Waals surface area (Å²) < 4.78 is 14.5. The van der Waals surface area contributed by atoms with Gasteiger partial charge >= 0.3 is 12.1 Å². The summed E-state index contributed by atoms with van der Waals surface area (Å²) in [4.78, 5) is 23.2. The minimum atomic E-state index is -0.743. The van der Waals surface area contributed by atoms with E-state index in [2.05, 4.69) is 5.32 Å². The second kappa shape index (κ2) is 7.92. The lowest BCUT2D eigenvalue weighted by atomic mass is 9.87. The van der Waals surface area contributed by atoms with Crippen LogP contribution in [0.5, 0.6) is 0 Å². The zero-order valence-corrected chi connectivity index (χ0v) is 11.7. The van der Waals surface area contributed by atoms with Gasteiger partial charge in [-0.1, -0.05) is 20.8 Å². The number of hydrogen-bond acceptors (Lipinski definition) is 5. The molecule has 0 radical (unpaired) electrons. The van der Waals surface area contributed by atoms with Crippen LogP contribution in [0.15, 0.2) is 0 Å². The quantitative estimate of drug-likeness (QED) is 0.577. The Bertz CT molecular complexity index is 272. The third-order valence-electron chi connectivity index (χ3n) is 2.17. The van der Waals surface area contributed by atoms with Crippen molar-refractivity contribution in [3.63, 3.8) is 0 Å². The van der Waals surface area contributed by atoms with Crippen molar-refractivity contribution >= 4 is 12.1 Å². The lowest BCUT2D eigenvalue weighted by Crippen LogP contribution is -2.50. The average Bonchev–Trinajstić information content (AvgIpc) is 2.25. The lowest BCUT2D eigenvalue weighted by Gasteiger charge is -2.28. The van der Waals surface area contributed by atoms with Crippen LogP contribution < -0.4 is 5.32 Å². The summed E-state index contributed by atoms with van der Waals surface area (Å²) >= 11 is 0. The van der Waals surface area contributed by atoms with Crippen LogP contribution in [0.25, 0.3) is 0 Å². The molecule has 6 nitrogen and oxygen atoms in total. The number of alkyl carbamates (subject to hydrolysis) is 1. The Kier molecular flexibility index (Phi) is 7.35. The maximum absolute atomic E-state index is 11.7. The average molecular weight is 261 g/mol. The number of carbonyl (C=O) groups excluding carboxylic acids is 2. The van der Waals surface area contributed by atoms with Gasteiger partial charge in [-0.3, -0.25) is 0 Å². The standard InChI is InChI=1S/C12H23NO5/c1-6-17-10(14)9(12(2,3)4)13-11(15)18-8-7-16-5/h9H,6-8H2,1-5H3,(H,13,15). The van der Waals surface area contributed by atoms with Gasteiger partial charge in [-0.15, -0.1) is 0 Å². The van der Waals surface area contributed by atoms with E-state index in [1.165, 1.54) is 7.11 Å². The van der Waals surface area contributed by atoms with Crippen LogP contribution in [0, 0.1) is 5.41 Å². The highest BCUT2D eigenvalue weighted by atomic mass is 16.6. The van der Waals surface area contributed by atoms with Gasteiger partial charge in [-0.25, -0.2) is 9.59 Å². The Hall–Kier alpha value is -1.30. The molecule has 0 aromatic rings. The molecular formula is C12H23NO5. The Balaban J connectivity index is 4.42. The molecule has 6 heteroatoms. The van der Waals surface area contributed by atoms with Crippen molar-refractivity contribution in [2.75, 3.05) is 26.9 Å². The third kappa shape index (κ3) is 6.44. The molecule has 0 saturated heterocycles. The highest BCUT2D eigenvalue weighted by molar-refractivity contribution is 5.82. The van der Waals surface area contributed by atoms with Gasteiger partial charge in [0.05, 0.1) is 13.2 Å². The highest BCUT2D eigenvalue weighted by Crippen LogP contribution is 2.20. The molecule has 0 bridgehead atoms. The molecule has 0 aliphatic rings. The van der Waals surface area contributed by atoms with Crippen LogP contribution in [0.3, 0.4) is 0 Å². The topological polar surface area (TPSA) is 73.9 Å². The zero-order chi connectivity index (χ0) is 14.2. The molecule has 0 heterocycles. The number of nitrogens with one attached hydrogen (secondary N) is 1. The van der Waals surface area contributed by atoms with E-state index in [0.29, 0.717) is 6.61 Å². The fraction of sp³-hybridized carbons (Fsp3) is 0.833.